The monoisotopic (exact) mass is 465 g/mol. The number of ether oxygens (including phenoxy) is 1. The van der Waals surface area contributed by atoms with Crippen LogP contribution < -0.4 is 9.64 Å². The van der Waals surface area contributed by atoms with Gasteiger partial charge >= 0.3 is 0 Å². The molecule has 2 aliphatic rings. The third-order valence-corrected chi connectivity index (χ3v) is 8.15. The van der Waals surface area contributed by atoms with Crippen molar-refractivity contribution >= 4 is 38.4 Å². The van der Waals surface area contributed by atoms with E-state index in [1.807, 2.05) is 0 Å². The highest BCUT2D eigenvalue weighted by Gasteiger charge is 2.40. The molecule has 0 saturated carbocycles. The molecule has 1 aromatic heterocycles. The maximum absolute atomic E-state index is 13.5. The standard InChI is InChI=1S/C24H23N3O5S/c1-15-21-22(24(29)27(23(21)28)16-6-8-17(32-2)9-7-16)19-14-18(10-11-20(19)25-15)33(30,31)26-12-4-3-5-13-26/h6-11,14H,3-5,12-13H2,1-2H3. The van der Waals surface area contributed by atoms with Gasteiger partial charge in [-0.3, -0.25) is 14.6 Å². The number of fused-ring (bicyclic) bond motifs is 3. The molecule has 0 unspecified atom stereocenters. The largest absolute Gasteiger partial charge is 0.497 e. The lowest BCUT2D eigenvalue weighted by atomic mass is 10.0. The first-order valence-corrected chi connectivity index (χ1v) is 12.2. The van der Waals surface area contributed by atoms with Crippen LogP contribution in [0.15, 0.2) is 47.4 Å². The SMILES string of the molecule is COc1ccc(N2C(=O)c3c(C)nc4ccc(S(=O)(=O)N5CCCCC5)cc4c3C2=O)cc1. The van der Waals surface area contributed by atoms with Gasteiger partial charge in [0, 0.05) is 18.5 Å². The summed E-state index contributed by atoms with van der Waals surface area (Å²) >= 11 is 0. The Balaban J connectivity index is 1.64. The van der Waals surface area contributed by atoms with E-state index in [0.717, 1.165) is 24.2 Å². The molecule has 1 saturated heterocycles. The van der Waals surface area contributed by atoms with E-state index in [1.54, 1.807) is 37.3 Å². The molecule has 170 valence electrons. The predicted octanol–water partition coefficient (Wildman–Crippen LogP) is 3.53. The number of amides is 2. The van der Waals surface area contributed by atoms with Crippen molar-refractivity contribution in [2.45, 2.75) is 31.1 Å². The molecule has 33 heavy (non-hydrogen) atoms. The smallest absolute Gasteiger partial charge is 0.268 e. The number of imide groups is 1. The summed E-state index contributed by atoms with van der Waals surface area (Å²) in [5, 5.41) is 0.364. The molecule has 0 atom stereocenters. The van der Waals surface area contributed by atoms with Crippen molar-refractivity contribution in [2.75, 3.05) is 25.1 Å². The van der Waals surface area contributed by atoms with Crippen molar-refractivity contribution < 1.29 is 22.7 Å². The number of pyridine rings is 1. The molecule has 9 heteroatoms. The molecule has 1 fully saturated rings. The molecule has 0 radical (unpaired) electrons. The summed E-state index contributed by atoms with van der Waals surface area (Å²) < 4.78 is 33.1. The van der Waals surface area contributed by atoms with Crippen molar-refractivity contribution in [3.63, 3.8) is 0 Å². The Morgan fingerprint density at radius 3 is 2.24 bits per heavy atom. The van der Waals surface area contributed by atoms with Crippen molar-refractivity contribution in [1.29, 1.82) is 0 Å². The number of carbonyl (C=O) groups is 2. The van der Waals surface area contributed by atoms with Gasteiger partial charge in [0.1, 0.15) is 5.75 Å². The topological polar surface area (TPSA) is 96.9 Å². The second kappa shape index (κ2) is 7.93. The first kappa shape index (κ1) is 21.5. The van der Waals surface area contributed by atoms with Gasteiger partial charge in [0.05, 0.1) is 40.0 Å². The van der Waals surface area contributed by atoms with E-state index in [2.05, 4.69) is 4.98 Å². The van der Waals surface area contributed by atoms with Crippen molar-refractivity contribution in [3.05, 3.63) is 59.3 Å². The molecule has 0 N–H and O–H groups in total. The molecule has 8 nitrogen and oxygen atoms in total. The molecule has 2 aliphatic heterocycles. The van der Waals surface area contributed by atoms with Crippen molar-refractivity contribution in [3.8, 4) is 5.75 Å². The van der Waals surface area contributed by atoms with Crippen LogP contribution in [0.5, 0.6) is 5.75 Å². The number of hydrogen-bond donors (Lipinski definition) is 0. The minimum absolute atomic E-state index is 0.105. The summed E-state index contributed by atoms with van der Waals surface area (Å²) in [5.74, 6) is -0.370. The molecular weight excluding hydrogens is 442 g/mol. The minimum Gasteiger partial charge on any atom is -0.497 e. The van der Waals surface area contributed by atoms with Gasteiger partial charge in [0.15, 0.2) is 0 Å². The number of carbonyl (C=O) groups excluding carboxylic acids is 2. The molecule has 5 rings (SSSR count). The summed E-state index contributed by atoms with van der Waals surface area (Å²) in [5.41, 5.74) is 1.71. The lowest BCUT2D eigenvalue weighted by molar-refractivity contribution is 0.0926. The van der Waals surface area contributed by atoms with E-state index in [-0.39, 0.29) is 16.0 Å². The quantitative estimate of drug-likeness (QED) is 0.547. The van der Waals surface area contributed by atoms with E-state index in [4.69, 9.17) is 4.74 Å². The van der Waals surface area contributed by atoms with Crippen LogP contribution in [-0.2, 0) is 10.0 Å². The average molecular weight is 466 g/mol. The highest BCUT2D eigenvalue weighted by molar-refractivity contribution is 7.89. The summed E-state index contributed by atoms with van der Waals surface area (Å²) in [6, 6.07) is 11.2. The third-order valence-electron chi connectivity index (χ3n) is 6.25. The predicted molar refractivity (Wildman–Crippen MR) is 123 cm³/mol. The molecule has 2 amide bonds. The Labute approximate surface area is 191 Å². The van der Waals surface area contributed by atoms with E-state index in [0.29, 0.717) is 41.1 Å². The van der Waals surface area contributed by atoms with Crippen LogP contribution in [0.2, 0.25) is 0 Å². The fourth-order valence-corrected chi connectivity index (χ4v) is 6.09. The first-order chi connectivity index (χ1) is 15.8. The molecule has 0 bridgehead atoms. The van der Waals surface area contributed by atoms with Gasteiger partial charge in [0.2, 0.25) is 10.0 Å². The lowest BCUT2D eigenvalue weighted by Gasteiger charge is -2.26. The van der Waals surface area contributed by atoms with Gasteiger partial charge in [0.25, 0.3) is 11.8 Å². The zero-order valence-corrected chi connectivity index (χ0v) is 19.2. The van der Waals surface area contributed by atoms with Crippen molar-refractivity contribution in [2.24, 2.45) is 0 Å². The Hall–Kier alpha value is -3.30. The first-order valence-electron chi connectivity index (χ1n) is 10.8. The van der Waals surface area contributed by atoms with E-state index in [1.165, 1.54) is 23.5 Å². The Kier molecular flexibility index (Phi) is 5.18. The van der Waals surface area contributed by atoms with Crippen LogP contribution >= 0.6 is 0 Å². The van der Waals surface area contributed by atoms with E-state index < -0.39 is 21.8 Å². The van der Waals surface area contributed by atoms with Gasteiger partial charge in [-0.05, 0) is 62.2 Å². The summed E-state index contributed by atoms with van der Waals surface area (Å²) in [4.78, 5) is 32.4. The van der Waals surface area contributed by atoms with Crippen LogP contribution in [0.1, 0.15) is 45.7 Å². The van der Waals surface area contributed by atoms with E-state index >= 15 is 0 Å². The van der Waals surface area contributed by atoms with E-state index in [9.17, 15) is 18.0 Å². The Bertz CT molecular complexity index is 1390. The zero-order valence-electron chi connectivity index (χ0n) is 18.4. The summed E-state index contributed by atoms with van der Waals surface area (Å²) in [7, 11) is -2.17. The molecule has 3 heterocycles. The van der Waals surface area contributed by atoms with Crippen LogP contribution in [0.3, 0.4) is 0 Å². The highest BCUT2D eigenvalue weighted by atomic mass is 32.2. The number of piperidine rings is 1. The number of methoxy groups -OCH3 is 1. The van der Waals surface area contributed by atoms with Gasteiger partial charge in [-0.15, -0.1) is 0 Å². The highest BCUT2D eigenvalue weighted by Crippen LogP contribution is 2.36. The summed E-state index contributed by atoms with van der Waals surface area (Å²) in [6.07, 6.45) is 2.66. The summed E-state index contributed by atoms with van der Waals surface area (Å²) in [6.45, 7) is 2.64. The number of aryl methyl sites for hydroxylation is 1. The molecule has 0 spiro atoms. The second-order valence-electron chi connectivity index (χ2n) is 8.23. The maximum atomic E-state index is 13.5. The number of nitrogens with zero attached hydrogens (tertiary/aromatic N) is 3. The number of benzene rings is 2. The molecular formula is C24H23N3O5S. The lowest BCUT2D eigenvalue weighted by Crippen LogP contribution is -2.35. The fraction of sp³-hybridized carbons (Fsp3) is 0.292. The number of hydrogen-bond acceptors (Lipinski definition) is 6. The Morgan fingerprint density at radius 1 is 0.909 bits per heavy atom. The van der Waals surface area contributed by atoms with Gasteiger partial charge in [-0.25, -0.2) is 13.3 Å². The number of rotatable bonds is 4. The van der Waals surface area contributed by atoms with Gasteiger partial charge in [-0.1, -0.05) is 6.42 Å². The number of aromatic nitrogens is 1. The van der Waals surface area contributed by atoms with Crippen LogP contribution in [0, 0.1) is 6.92 Å². The van der Waals surface area contributed by atoms with Gasteiger partial charge in [-0.2, -0.15) is 4.31 Å². The third kappa shape index (κ3) is 3.39. The Morgan fingerprint density at radius 2 is 1.58 bits per heavy atom. The molecule has 3 aromatic rings. The second-order valence-corrected chi connectivity index (χ2v) is 10.2. The molecule has 2 aromatic carbocycles. The van der Waals surface area contributed by atoms with Crippen molar-refractivity contribution in [1.82, 2.24) is 9.29 Å². The maximum Gasteiger partial charge on any atom is 0.268 e. The normalized spacial score (nSPS) is 17.0. The van der Waals surface area contributed by atoms with Crippen LogP contribution in [0.4, 0.5) is 5.69 Å². The van der Waals surface area contributed by atoms with Crippen LogP contribution in [0.25, 0.3) is 10.9 Å². The van der Waals surface area contributed by atoms with Crippen LogP contribution in [-0.4, -0.2) is 49.7 Å². The fourth-order valence-electron chi connectivity index (χ4n) is 4.55. The average Bonchev–Trinajstić information content (AvgIpc) is 3.10. The minimum atomic E-state index is -3.70. The molecule has 0 aliphatic carbocycles. The number of sulfonamides is 1. The van der Waals surface area contributed by atoms with Gasteiger partial charge < -0.3 is 4.74 Å². The number of anilines is 1. The zero-order chi connectivity index (χ0) is 23.3.